The molecule has 21 heavy (non-hydrogen) atoms. The van der Waals surface area contributed by atoms with Crippen LogP contribution in [0.2, 0.25) is 13.1 Å². The van der Waals surface area contributed by atoms with Gasteiger partial charge >= 0.3 is 0 Å². The third kappa shape index (κ3) is 4.48. The van der Waals surface area contributed by atoms with E-state index < -0.39 is 7.38 Å². The van der Waals surface area contributed by atoms with E-state index in [0.717, 1.165) is 22.9 Å². The van der Waals surface area contributed by atoms with Crippen molar-refractivity contribution in [2.24, 2.45) is 0 Å². The summed E-state index contributed by atoms with van der Waals surface area (Å²) in [5, 5.41) is 0. The van der Waals surface area contributed by atoms with Crippen molar-refractivity contribution in [1.29, 1.82) is 0 Å². The summed E-state index contributed by atoms with van der Waals surface area (Å²) in [5.41, 5.74) is 3.46. The van der Waals surface area contributed by atoms with Gasteiger partial charge in [-0.25, -0.2) is 0 Å². The fourth-order valence-electron chi connectivity index (χ4n) is 2.33. The molecule has 2 rings (SSSR count). The lowest BCUT2D eigenvalue weighted by Crippen LogP contribution is -2.21. The van der Waals surface area contributed by atoms with Crippen LogP contribution in [0.5, 0.6) is 5.75 Å². The maximum absolute atomic E-state index is 6.54. The predicted molar refractivity (Wildman–Crippen MR) is 94.6 cm³/mol. The van der Waals surface area contributed by atoms with Crippen LogP contribution in [-0.4, -0.2) is 14.0 Å². The Labute approximate surface area is 132 Å². The minimum absolute atomic E-state index is 0.501. The van der Waals surface area contributed by atoms with Gasteiger partial charge in [-0.15, -0.1) is 0 Å². The number of hydrogen-bond acceptors (Lipinski definition) is 1. The summed E-state index contributed by atoms with van der Waals surface area (Å²) >= 11 is 6.54. The Bertz CT molecular complexity index is 602. The van der Waals surface area contributed by atoms with E-state index in [4.69, 9.17) is 15.8 Å². The molecule has 0 aliphatic carbocycles. The Morgan fingerprint density at radius 3 is 2.43 bits per heavy atom. The van der Waals surface area contributed by atoms with E-state index in [9.17, 15) is 0 Å². The first kappa shape index (κ1) is 15.9. The predicted octanol–water partition coefficient (Wildman–Crippen LogP) is 5.44. The molecule has 2 aromatic rings. The molecule has 0 radical (unpaired) electrons. The molecule has 0 bridgehead atoms. The standard InChI is InChI=1S/C18H21ClOSi/c1-4-13-20-18-16(14-21(2,3)19)11-8-12-17(18)15-9-6-5-7-10-15/h4-12H,1,13-14H2,2-3H3. The van der Waals surface area contributed by atoms with Crippen molar-refractivity contribution in [3.63, 3.8) is 0 Å². The molecule has 110 valence electrons. The Kier molecular flexibility index (Phi) is 5.26. The number of halogens is 1. The second-order valence-corrected chi connectivity index (χ2v) is 12.5. The normalized spacial score (nSPS) is 11.2. The molecule has 0 atom stereocenters. The first-order chi connectivity index (χ1) is 10.0. The molecule has 0 amide bonds. The van der Waals surface area contributed by atoms with E-state index in [1.54, 1.807) is 6.08 Å². The molecule has 0 saturated heterocycles. The monoisotopic (exact) mass is 316 g/mol. The smallest absolute Gasteiger partial charge is 0.154 e. The van der Waals surface area contributed by atoms with Gasteiger partial charge in [0.2, 0.25) is 0 Å². The van der Waals surface area contributed by atoms with E-state index in [2.05, 4.69) is 50.0 Å². The van der Waals surface area contributed by atoms with Crippen molar-refractivity contribution in [3.05, 3.63) is 66.7 Å². The topological polar surface area (TPSA) is 9.23 Å². The second-order valence-electron chi connectivity index (χ2n) is 5.66. The Hall–Kier alpha value is -1.51. The van der Waals surface area contributed by atoms with Gasteiger partial charge in [-0.05, 0) is 17.2 Å². The fourth-order valence-corrected chi connectivity index (χ4v) is 3.95. The minimum Gasteiger partial charge on any atom is -0.489 e. The van der Waals surface area contributed by atoms with Crippen LogP contribution in [0.3, 0.4) is 0 Å². The average molecular weight is 317 g/mol. The van der Waals surface area contributed by atoms with Crippen molar-refractivity contribution in [2.45, 2.75) is 19.1 Å². The molecule has 0 saturated carbocycles. The highest BCUT2D eigenvalue weighted by atomic mass is 35.6. The fraction of sp³-hybridized carbons (Fsp3) is 0.222. The third-order valence-corrected chi connectivity index (χ3v) is 4.76. The van der Waals surface area contributed by atoms with Crippen LogP contribution in [-0.2, 0) is 6.04 Å². The summed E-state index contributed by atoms with van der Waals surface area (Å²) in [4.78, 5) is 0. The third-order valence-electron chi connectivity index (χ3n) is 3.14. The molecule has 3 heteroatoms. The summed E-state index contributed by atoms with van der Waals surface area (Å²) in [7, 11) is -1.73. The number of ether oxygens (including phenoxy) is 1. The summed E-state index contributed by atoms with van der Waals surface area (Å²) < 4.78 is 5.96. The van der Waals surface area contributed by atoms with E-state index in [-0.39, 0.29) is 0 Å². The first-order valence-corrected chi connectivity index (χ1v) is 11.3. The van der Waals surface area contributed by atoms with Crippen molar-refractivity contribution in [3.8, 4) is 16.9 Å². The van der Waals surface area contributed by atoms with Crippen molar-refractivity contribution >= 4 is 18.5 Å². The molecule has 1 nitrogen and oxygen atoms in total. The molecule has 0 heterocycles. The second kappa shape index (κ2) is 6.97. The number of hydrogen-bond donors (Lipinski definition) is 0. The van der Waals surface area contributed by atoms with Crippen LogP contribution in [0.25, 0.3) is 11.1 Å². The molecule has 2 aromatic carbocycles. The van der Waals surface area contributed by atoms with Gasteiger partial charge in [0.15, 0.2) is 7.38 Å². The van der Waals surface area contributed by atoms with Crippen LogP contribution in [0.15, 0.2) is 61.2 Å². The zero-order valence-corrected chi connectivity index (χ0v) is 14.4. The summed E-state index contributed by atoms with van der Waals surface area (Å²) in [6.45, 7) is 8.55. The van der Waals surface area contributed by atoms with Crippen molar-refractivity contribution in [1.82, 2.24) is 0 Å². The van der Waals surface area contributed by atoms with Crippen molar-refractivity contribution < 1.29 is 4.74 Å². The quantitative estimate of drug-likeness (QED) is 0.391. The van der Waals surface area contributed by atoms with E-state index in [0.29, 0.717) is 6.61 Å². The van der Waals surface area contributed by atoms with Crippen LogP contribution >= 0.6 is 11.1 Å². The summed E-state index contributed by atoms with van der Waals surface area (Å²) in [6.07, 6.45) is 1.77. The lowest BCUT2D eigenvalue weighted by atomic mass is 10.0. The van der Waals surface area contributed by atoms with Crippen molar-refractivity contribution in [2.75, 3.05) is 6.61 Å². The SMILES string of the molecule is C=CCOc1c(C[Si](C)(C)Cl)cccc1-c1ccccc1. The molecule has 0 aromatic heterocycles. The molecule has 0 aliphatic rings. The highest BCUT2D eigenvalue weighted by Crippen LogP contribution is 2.35. The van der Waals surface area contributed by atoms with E-state index >= 15 is 0 Å². The molecule has 0 unspecified atom stereocenters. The van der Waals surface area contributed by atoms with Crippen LogP contribution in [0, 0.1) is 0 Å². The molecule has 0 spiro atoms. The van der Waals surface area contributed by atoms with E-state index in [1.807, 2.05) is 18.2 Å². The zero-order chi connectivity index (χ0) is 15.3. The molecule has 0 fully saturated rings. The van der Waals surface area contributed by atoms with Gasteiger partial charge in [-0.1, -0.05) is 74.3 Å². The molecule has 0 aliphatic heterocycles. The van der Waals surface area contributed by atoms with E-state index in [1.165, 1.54) is 5.56 Å². The van der Waals surface area contributed by atoms with Gasteiger partial charge in [0.1, 0.15) is 12.4 Å². The van der Waals surface area contributed by atoms with Gasteiger partial charge in [0.25, 0.3) is 0 Å². The maximum atomic E-state index is 6.54. The van der Waals surface area contributed by atoms with Crippen LogP contribution in [0.1, 0.15) is 5.56 Å². The van der Waals surface area contributed by atoms with Gasteiger partial charge in [-0.2, -0.15) is 11.1 Å². The Morgan fingerprint density at radius 1 is 1.10 bits per heavy atom. The maximum Gasteiger partial charge on any atom is 0.154 e. The number of para-hydroxylation sites is 1. The Balaban J connectivity index is 2.49. The molecule has 0 N–H and O–H groups in total. The van der Waals surface area contributed by atoms with Gasteiger partial charge in [-0.3, -0.25) is 0 Å². The average Bonchev–Trinajstić information content (AvgIpc) is 2.45. The lowest BCUT2D eigenvalue weighted by molar-refractivity contribution is 0.361. The lowest BCUT2D eigenvalue weighted by Gasteiger charge is -2.19. The first-order valence-electron chi connectivity index (χ1n) is 7.11. The Morgan fingerprint density at radius 2 is 1.81 bits per heavy atom. The molecular formula is C18H21ClOSi. The minimum atomic E-state index is -1.73. The largest absolute Gasteiger partial charge is 0.489 e. The van der Waals surface area contributed by atoms with Crippen LogP contribution in [0.4, 0.5) is 0 Å². The highest BCUT2D eigenvalue weighted by Gasteiger charge is 2.21. The molecular weight excluding hydrogens is 296 g/mol. The van der Waals surface area contributed by atoms with Gasteiger partial charge in [0.05, 0.1) is 0 Å². The summed E-state index contributed by atoms with van der Waals surface area (Å²) in [5.74, 6) is 0.935. The number of rotatable bonds is 6. The highest BCUT2D eigenvalue weighted by molar-refractivity contribution is 7.18. The van der Waals surface area contributed by atoms with Crippen LogP contribution < -0.4 is 4.74 Å². The zero-order valence-electron chi connectivity index (χ0n) is 12.6. The van der Waals surface area contributed by atoms with Gasteiger partial charge in [0, 0.05) is 5.56 Å². The summed E-state index contributed by atoms with van der Waals surface area (Å²) in [6, 6.07) is 17.5. The van der Waals surface area contributed by atoms with Gasteiger partial charge < -0.3 is 4.74 Å². The number of benzene rings is 2.